The van der Waals surface area contributed by atoms with Gasteiger partial charge in [-0.2, -0.15) is 0 Å². The van der Waals surface area contributed by atoms with Crippen molar-refractivity contribution >= 4 is 17.5 Å². The predicted molar refractivity (Wildman–Crippen MR) is 68.7 cm³/mol. The standard InChI is InChI=1S/C13H15ClFNO3/c14-9-3-1-4-10(15)12(9)13(17)16-6-5-11-18-7-2-8-19-11/h1,3-4,11H,2,5-8H2,(H,16,17). The summed E-state index contributed by atoms with van der Waals surface area (Å²) in [5.74, 6) is -1.16. The quantitative estimate of drug-likeness (QED) is 0.925. The molecule has 1 fully saturated rings. The van der Waals surface area contributed by atoms with E-state index in [4.69, 9.17) is 21.1 Å². The molecular weight excluding hydrogens is 273 g/mol. The van der Waals surface area contributed by atoms with Crippen LogP contribution in [0.2, 0.25) is 5.02 Å². The number of hydrogen-bond acceptors (Lipinski definition) is 3. The van der Waals surface area contributed by atoms with Crippen molar-refractivity contribution in [1.29, 1.82) is 0 Å². The van der Waals surface area contributed by atoms with Crippen LogP contribution in [0.3, 0.4) is 0 Å². The first kappa shape index (κ1) is 14.2. The van der Waals surface area contributed by atoms with E-state index >= 15 is 0 Å². The number of hydrogen-bond donors (Lipinski definition) is 1. The highest BCUT2D eigenvalue weighted by Gasteiger charge is 2.17. The Morgan fingerprint density at radius 3 is 2.84 bits per heavy atom. The molecule has 0 aromatic heterocycles. The fourth-order valence-electron chi connectivity index (χ4n) is 1.81. The SMILES string of the molecule is O=C(NCCC1OCCCO1)c1c(F)cccc1Cl. The van der Waals surface area contributed by atoms with E-state index in [1.54, 1.807) is 0 Å². The van der Waals surface area contributed by atoms with Crippen molar-refractivity contribution < 1.29 is 18.7 Å². The molecule has 1 aliphatic heterocycles. The van der Waals surface area contributed by atoms with E-state index in [9.17, 15) is 9.18 Å². The van der Waals surface area contributed by atoms with Crippen molar-refractivity contribution in [3.63, 3.8) is 0 Å². The lowest BCUT2D eigenvalue weighted by atomic mass is 10.2. The van der Waals surface area contributed by atoms with Crippen LogP contribution in [-0.4, -0.2) is 32.0 Å². The molecule has 1 aliphatic rings. The van der Waals surface area contributed by atoms with Gasteiger partial charge >= 0.3 is 0 Å². The van der Waals surface area contributed by atoms with E-state index in [-0.39, 0.29) is 16.9 Å². The fourth-order valence-corrected chi connectivity index (χ4v) is 2.06. The molecule has 0 bridgehead atoms. The third-order valence-corrected chi connectivity index (χ3v) is 3.07. The molecule has 4 nitrogen and oxygen atoms in total. The minimum Gasteiger partial charge on any atom is -0.353 e. The molecule has 0 radical (unpaired) electrons. The zero-order valence-electron chi connectivity index (χ0n) is 10.3. The molecule has 0 spiro atoms. The van der Waals surface area contributed by atoms with Gasteiger partial charge in [0.15, 0.2) is 6.29 Å². The number of carbonyl (C=O) groups excluding carboxylic acids is 1. The highest BCUT2D eigenvalue weighted by Crippen LogP contribution is 2.18. The van der Waals surface area contributed by atoms with E-state index in [0.717, 1.165) is 6.42 Å². The van der Waals surface area contributed by atoms with E-state index in [1.807, 2.05) is 0 Å². The van der Waals surface area contributed by atoms with E-state index in [0.29, 0.717) is 26.2 Å². The molecule has 1 N–H and O–H groups in total. The van der Waals surface area contributed by atoms with Gasteiger partial charge in [-0.1, -0.05) is 17.7 Å². The summed E-state index contributed by atoms with van der Waals surface area (Å²) in [5.41, 5.74) is -0.130. The second kappa shape index (κ2) is 6.84. The Bertz CT molecular complexity index is 429. The highest BCUT2D eigenvalue weighted by atomic mass is 35.5. The number of halogens is 2. The zero-order valence-corrected chi connectivity index (χ0v) is 11.1. The maximum Gasteiger partial charge on any atom is 0.255 e. The van der Waals surface area contributed by atoms with Gasteiger partial charge in [-0.3, -0.25) is 4.79 Å². The van der Waals surface area contributed by atoms with Gasteiger partial charge in [0.05, 0.1) is 23.8 Å². The average molecular weight is 288 g/mol. The van der Waals surface area contributed by atoms with Crippen molar-refractivity contribution in [2.24, 2.45) is 0 Å². The second-order valence-electron chi connectivity index (χ2n) is 4.17. The lowest BCUT2D eigenvalue weighted by Crippen LogP contribution is -2.32. The summed E-state index contributed by atoms with van der Waals surface area (Å²) in [6.07, 6.45) is 1.11. The molecule has 6 heteroatoms. The molecule has 0 aliphatic carbocycles. The Morgan fingerprint density at radius 2 is 2.16 bits per heavy atom. The minimum absolute atomic E-state index is 0.0997. The maximum absolute atomic E-state index is 13.5. The van der Waals surface area contributed by atoms with Crippen LogP contribution in [0.25, 0.3) is 0 Å². The molecule has 19 heavy (non-hydrogen) atoms. The van der Waals surface area contributed by atoms with Crippen molar-refractivity contribution in [3.8, 4) is 0 Å². The summed E-state index contributed by atoms with van der Waals surface area (Å²) in [7, 11) is 0. The maximum atomic E-state index is 13.5. The summed E-state index contributed by atoms with van der Waals surface area (Å²) in [5, 5.41) is 2.70. The molecule has 1 saturated heterocycles. The molecule has 0 saturated carbocycles. The summed E-state index contributed by atoms with van der Waals surface area (Å²) in [6, 6.07) is 4.14. The van der Waals surface area contributed by atoms with Gasteiger partial charge in [0.2, 0.25) is 0 Å². The third kappa shape index (κ3) is 3.89. The first-order valence-electron chi connectivity index (χ1n) is 6.14. The van der Waals surface area contributed by atoms with Crippen molar-refractivity contribution in [2.75, 3.05) is 19.8 Å². The van der Waals surface area contributed by atoms with Gasteiger partial charge in [-0.25, -0.2) is 4.39 Å². The van der Waals surface area contributed by atoms with Crippen LogP contribution in [0.4, 0.5) is 4.39 Å². The van der Waals surface area contributed by atoms with Gasteiger partial charge in [0.25, 0.3) is 5.91 Å². The Kier molecular flexibility index (Phi) is 5.13. The summed E-state index contributed by atoms with van der Waals surface area (Å²) in [6.45, 7) is 1.67. The summed E-state index contributed by atoms with van der Waals surface area (Å²) < 4.78 is 24.2. The molecule has 2 rings (SSSR count). The van der Waals surface area contributed by atoms with Gasteiger partial charge in [0.1, 0.15) is 5.82 Å². The fraction of sp³-hybridized carbons (Fsp3) is 0.462. The zero-order chi connectivity index (χ0) is 13.7. The van der Waals surface area contributed by atoms with Gasteiger partial charge in [-0.05, 0) is 18.6 Å². The lowest BCUT2D eigenvalue weighted by Gasteiger charge is -2.23. The van der Waals surface area contributed by atoms with Crippen LogP contribution >= 0.6 is 11.6 Å². The number of carbonyl (C=O) groups is 1. The normalized spacial score (nSPS) is 16.3. The van der Waals surface area contributed by atoms with Crippen molar-refractivity contribution in [2.45, 2.75) is 19.1 Å². The predicted octanol–water partition coefficient (Wildman–Crippen LogP) is 2.36. The molecule has 1 amide bonds. The van der Waals surface area contributed by atoms with Crippen molar-refractivity contribution in [1.82, 2.24) is 5.32 Å². The van der Waals surface area contributed by atoms with Crippen LogP contribution < -0.4 is 5.32 Å². The first-order valence-corrected chi connectivity index (χ1v) is 6.51. The average Bonchev–Trinajstić information content (AvgIpc) is 2.40. The van der Waals surface area contributed by atoms with Crippen molar-refractivity contribution in [3.05, 3.63) is 34.6 Å². The molecular formula is C13H15ClFNO3. The Morgan fingerprint density at radius 1 is 1.42 bits per heavy atom. The third-order valence-electron chi connectivity index (χ3n) is 2.75. The Hall–Kier alpha value is -1.17. The van der Waals surface area contributed by atoms with E-state index in [2.05, 4.69) is 5.32 Å². The summed E-state index contributed by atoms with van der Waals surface area (Å²) >= 11 is 5.80. The van der Waals surface area contributed by atoms with Crippen LogP contribution in [0.5, 0.6) is 0 Å². The summed E-state index contributed by atoms with van der Waals surface area (Å²) in [4.78, 5) is 11.8. The second-order valence-corrected chi connectivity index (χ2v) is 4.57. The molecule has 104 valence electrons. The molecule has 1 aromatic rings. The number of benzene rings is 1. The topological polar surface area (TPSA) is 47.6 Å². The van der Waals surface area contributed by atoms with Gasteiger partial charge in [0, 0.05) is 13.0 Å². The molecule has 0 atom stereocenters. The lowest BCUT2D eigenvalue weighted by molar-refractivity contribution is -0.180. The molecule has 1 heterocycles. The largest absolute Gasteiger partial charge is 0.353 e. The van der Waals surface area contributed by atoms with Crippen LogP contribution in [0, 0.1) is 5.82 Å². The van der Waals surface area contributed by atoms with Crippen LogP contribution in [-0.2, 0) is 9.47 Å². The first-order chi connectivity index (χ1) is 9.18. The van der Waals surface area contributed by atoms with Gasteiger partial charge < -0.3 is 14.8 Å². The minimum atomic E-state index is -0.629. The van der Waals surface area contributed by atoms with Crippen LogP contribution in [0.15, 0.2) is 18.2 Å². The van der Waals surface area contributed by atoms with E-state index < -0.39 is 11.7 Å². The number of rotatable bonds is 4. The number of nitrogens with one attached hydrogen (secondary N) is 1. The number of ether oxygens (including phenoxy) is 2. The smallest absolute Gasteiger partial charge is 0.255 e. The Labute approximate surface area is 115 Å². The van der Waals surface area contributed by atoms with Gasteiger partial charge in [-0.15, -0.1) is 0 Å². The monoisotopic (exact) mass is 287 g/mol. The highest BCUT2D eigenvalue weighted by molar-refractivity contribution is 6.33. The van der Waals surface area contributed by atoms with Crippen LogP contribution in [0.1, 0.15) is 23.2 Å². The molecule has 1 aromatic carbocycles. The van der Waals surface area contributed by atoms with E-state index in [1.165, 1.54) is 18.2 Å². The Balaban J connectivity index is 1.84. The number of amides is 1. The molecule has 0 unspecified atom stereocenters.